The van der Waals surface area contributed by atoms with E-state index in [1.54, 1.807) is 26.2 Å². The Kier molecular flexibility index (Phi) is 2.78. The lowest BCUT2D eigenvalue weighted by molar-refractivity contribution is -0.133. The Labute approximate surface area is 102 Å². The summed E-state index contributed by atoms with van der Waals surface area (Å²) in [5.74, 6) is -0.563. The topological polar surface area (TPSA) is 49.4 Å². The highest BCUT2D eigenvalue weighted by molar-refractivity contribution is 5.97. The molecule has 1 heterocycles. The minimum absolute atomic E-state index is 0.0550. The Balaban J connectivity index is 2.19. The van der Waals surface area contributed by atoms with Crippen LogP contribution < -0.4 is 5.32 Å². The van der Waals surface area contributed by atoms with Crippen LogP contribution in [0.1, 0.15) is 13.4 Å². The molecule has 4 heteroatoms. The van der Waals surface area contributed by atoms with E-state index in [2.05, 4.69) is 5.32 Å². The Morgan fingerprint density at radius 1 is 1.59 bits per heavy atom. The number of hydrogen-bond donors (Lipinski definition) is 1. The van der Waals surface area contributed by atoms with Crippen LogP contribution in [0.2, 0.25) is 0 Å². The Bertz CT molecular complexity index is 500. The van der Waals surface area contributed by atoms with Gasteiger partial charge in [0.25, 0.3) is 0 Å². The van der Waals surface area contributed by atoms with Gasteiger partial charge in [-0.05, 0) is 18.0 Å². The molecule has 4 nitrogen and oxygen atoms in total. The van der Waals surface area contributed by atoms with Crippen LogP contribution >= 0.6 is 0 Å². The molecule has 1 unspecified atom stereocenters. The summed E-state index contributed by atoms with van der Waals surface area (Å²) in [6, 6.07) is 5.65. The van der Waals surface area contributed by atoms with Crippen molar-refractivity contribution in [3.05, 3.63) is 29.8 Å². The Morgan fingerprint density at radius 2 is 2.35 bits per heavy atom. The van der Waals surface area contributed by atoms with E-state index < -0.39 is 0 Å². The fourth-order valence-electron chi connectivity index (χ4n) is 1.90. The minimum Gasteiger partial charge on any atom is -0.349 e. The van der Waals surface area contributed by atoms with Gasteiger partial charge in [0, 0.05) is 26.2 Å². The number of anilines is 1. The highest BCUT2D eigenvalue weighted by Crippen LogP contribution is 2.26. The van der Waals surface area contributed by atoms with Crippen molar-refractivity contribution in [1.82, 2.24) is 4.90 Å². The third kappa shape index (κ3) is 2.46. The molecule has 17 heavy (non-hydrogen) atoms. The SMILES string of the molecule is [2H]c1cccc2c1NC(=O)C(CC(=O)N(C)C)C2. The third-order valence-corrected chi connectivity index (χ3v) is 2.95. The fraction of sp³-hybridized carbons (Fsp3) is 0.385. The van der Waals surface area contributed by atoms with Gasteiger partial charge in [0.1, 0.15) is 0 Å². The lowest BCUT2D eigenvalue weighted by atomic mass is 9.90. The number of amides is 2. The van der Waals surface area contributed by atoms with Gasteiger partial charge in [-0.3, -0.25) is 9.59 Å². The van der Waals surface area contributed by atoms with E-state index in [0.717, 1.165) is 5.56 Å². The maximum atomic E-state index is 11.9. The average molecular weight is 233 g/mol. The molecule has 0 aliphatic carbocycles. The van der Waals surface area contributed by atoms with E-state index in [1.807, 2.05) is 6.07 Å². The average Bonchev–Trinajstić information content (AvgIpc) is 2.31. The quantitative estimate of drug-likeness (QED) is 0.836. The minimum atomic E-state index is -0.339. The lowest BCUT2D eigenvalue weighted by Crippen LogP contribution is -2.34. The molecule has 0 fully saturated rings. The monoisotopic (exact) mass is 233 g/mol. The molecule has 0 radical (unpaired) electrons. The maximum absolute atomic E-state index is 11.9. The van der Waals surface area contributed by atoms with Crippen LogP contribution in [0, 0.1) is 5.92 Å². The molecule has 2 rings (SSSR count). The number of carbonyl (C=O) groups excluding carboxylic acids is 2. The van der Waals surface area contributed by atoms with Crippen LogP contribution in [0.15, 0.2) is 24.2 Å². The first-order chi connectivity index (χ1) is 8.49. The number of hydrogen-bond acceptors (Lipinski definition) is 2. The van der Waals surface area contributed by atoms with Crippen LogP contribution in [0.25, 0.3) is 0 Å². The predicted molar refractivity (Wildman–Crippen MR) is 65.6 cm³/mol. The van der Waals surface area contributed by atoms with E-state index in [-0.39, 0.29) is 24.2 Å². The summed E-state index contributed by atoms with van der Waals surface area (Å²) >= 11 is 0. The largest absolute Gasteiger partial charge is 0.349 e. The van der Waals surface area contributed by atoms with E-state index in [9.17, 15) is 9.59 Å². The lowest BCUT2D eigenvalue weighted by Gasteiger charge is -2.25. The Hall–Kier alpha value is -1.84. The third-order valence-electron chi connectivity index (χ3n) is 2.95. The second-order valence-corrected chi connectivity index (χ2v) is 4.45. The van der Waals surface area contributed by atoms with Crippen molar-refractivity contribution >= 4 is 17.5 Å². The molecule has 0 saturated carbocycles. The maximum Gasteiger partial charge on any atom is 0.228 e. The van der Waals surface area contributed by atoms with Gasteiger partial charge < -0.3 is 10.2 Å². The van der Waals surface area contributed by atoms with Crippen LogP contribution in [-0.4, -0.2) is 30.8 Å². The molecule has 1 aromatic rings. The molecule has 0 saturated heterocycles. The van der Waals surface area contributed by atoms with Crippen LogP contribution in [0.3, 0.4) is 0 Å². The summed E-state index contributed by atoms with van der Waals surface area (Å²) in [6.07, 6.45) is 0.730. The summed E-state index contributed by atoms with van der Waals surface area (Å²) in [5, 5.41) is 2.73. The molecule has 1 aliphatic rings. The van der Waals surface area contributed by atoms with Crippen molar-refractivity contribution in [3.8, 4) is 0 Å². The van der Waals surface area contributed by atoms with Gasteiger partial charge in [0.2, 0.25) is 11.8 Å². The first-order valence-electron chi connectivity index (χ1n) is 6.08. The molecule has 1 N–H and O–H groups in total. The Morgan fingerprint density at radius 3 is 3.06 bits per heavy atom. The van der Waals surface area contributed by atoms with Gasteiger partial charge in [0.05, 0.1) is 7.29 Å². The van der Waals surface area contributed by atoms with Gasteiger partial charge >= 0.3 is 0 Å². The number of nitrogens with one attached hydrogen (secondary N) is 1. The first kappa shape index (κ1) is 10.3. The molecule has 1 aliphatic heterocycles. The molecule has 1 aromatic carbocycles. The second-order valence-electron chi connectivity index (χ2n) is 4.45. The van der Waals surface area contributed by atoms with Gasteiger partial charge in [-0.15, -0.1) is 0 Å². The number of para-hydroxylation sites is 1. The van der Waals surface area contributed by atoms with E-state index in [1.165, 1.54) is 4.90 Å². The van der Waals surface area contributed by atoms with Crippen molar-refractivity contribution in [1.29, 1.82) is 0 Å². The number of benzene rings is 1. The summed E-state index contributed by atoms with van der Waals surface area (Å²) in [6.45, 7) is 0. The first-order valence-corrected chi connectivity index (χ1v) is 5.58. The van der Waals surface area contributed by atoms with Crippen LogP contribution in [0.5, 0.6) is 0 Å². The van der Waals surface area contributed by atoms with Crippen LogP contribution in [0.4, 0.5) is 5.69 Å². The summed E-state index contributed by atoms with van der Waals surface area (Å²) in [4.78, 5) is 25.0. The molecule has 90 valence electrons. The summed E-state index contributed by atoms with van der Waals surface area (Å²) in [5.41, 5.74) is 1.51. The molecular weight excluding hydrogens is 216 g/mol. The van der Waals surface area contributed by atoms with Gasteiger partial charge in [-0.25, -0.2) is 0 Å². The van der Waals surface area contributed by atoms with Crippen molar-refractivity contribution in [2.24, 2.45) is 5.92 Å². The van der Waals surface area contributed by atoms with E-state index in [4.69, 9.17) is 1.37 Å². The zero-order valence-corrected chi connectivity index (χ0v) is 9.99. The fourth-order valence-corrected chi connectivity index (χ4v) is 1.90. The predicted octanol–water partition coefficient (Wildman–Crippen LogP) is 1.28. The standard InChI is InChI=1S/C13H16N2O2/c1-15(2)12(16)8-10-7-9-5-3-4-6-11(9)14-13(10)17/h3-6,10H,7-8H2,1-2H3,(H,14,17)/i6D. The number of carbonyl (C=O) groups is 2. The molecule has 1 atom stereocenters. The highest BCUT2D eigenvalue weighted by atomic mass is 16.2. The second kappa shape index (κ2) is 4.57. The molecule has 0 spiro atoms. The van der Waals surface area contributed by atoms with Crippen molar-refractivity contribution in [3.63, 3.8) is 0 Å². The van der Waals surface area contributed by atoms with E-state index >= 15 is 0 Å². The highest BCUT2D eigenvalue weighted by Gasteiger charge is 2.28. The molecule has 0 aromatic heterocycles. The molecule has 2 amide bonds. The van der Waals surface area contributed by atoms with E-state index in [0.29, 0.717) is 18.2 Å². The summed E-state index contributed by atoms with van der Waals surface area (Å²) < 4.78 is 7.72. The number of rotatable bonds is 2. The normalized spacial score (nSPS) is 19.1. The van der Waals surface area contributed by atoms with Crippen molar-refractivity contribution < 1.29 is 11.0 Å². The van der Waals surface area contributed by atoms with Crippen molar-refractivity contribution in [2.45, 2.75) is 12.8 Å². The van der Waals surface area contributed by atoms with Gasteiger partial charge in [0.15, 0.2) is 0 Å². The van der Waals surface area contributed by atoms with Crippen LogP contribution in [-0.2, 0) is 16.0 Å². The van der Waals surface area contributed by atoms with Gasteiger partial charge in [-0.1, -0.05) is 18.2 Å². The molecular formula is C13H16N2O2. The zero-order valence-electron chi connectivity index (χ0n) is 11.0. The smallest absolute Gasteiger partial charge is 0.228 e. The van der Waals surface area contributed by atoms with Gasteiger partial charge in [-0.2, -0.15) is 0 Å². The van der Waals surface area contributed by atoms with Crippen molar-refractivity contribution in [2.75, 3.05) is 19.4 Å². The number of nitrogens with zero attached hydrogens (tertiary/aromatic N) is 1. The zero-order chi connectivity index (χ0) is 13.3. The molecule has 0 bridgehead atoms. The number of fused-ring (bicyclic) bond motifs is 1. The summed E-state index contributed by atoms with van der Waals surface area (Å²) in [7, 11) is 3.36.